The van der Waals surface area contributed by atoms with Crippen molar-refractivity contribution < 1.29 is 4.74 Å². The van der Waals surface area contributed by atoms with Crippen LogP contribution in [0.5, 0.6) is 0 Å². The SMILES string of the molecule is CCCNCC/C=C(/C)CC1CCC2(CCCCC2)O1. The van der Waals surface area contributed by atoms with Gasteiger partial charge in [0, 0.05) is 0 Å². The van der Waals surface area contributed by atoms with Crippen LogP contribution in [0.25, 0.3) is 0 Å². The zero-order valence-corrected chi connectivity index (χ0v) is 13.5. The van der Waals surface area contributed by atoms with Gasteiger partial charge in [-0.2, -0.15) is 0 Å². The van der Waals surface area contributed by atoms with E-state index in [1.807, 2.05) is 0 Å². The highest BCUT2D eigenvalue weighted by Gasteiger charge is 2.40. The summed E-state index contributed by atoms with van der Waals surface area (Å²) in [6.07, 6.45) is 15.8. The fourth-order valence-corrected chi connectivity index (χ4v) is 3.77. The molecular formula is C18H33NO. The van der Waals surface area contributed by atoms with E-state index in [1.54, 1.807) is 0 Å². The van der Waals surface area contributed by atoms with Crippen molar-refractivity contribution in [3.8, 4) is 0 Å². The molecule has 1 aliphatic heterocycles. The standard InChI is InChI=1S/C18H33NO/c1-3-13-19-14-7-8-16(2)15-17-9-12-18(20-17)10-5-4-6-11-18/h8,17,19H,3-7,9-15H2,1-2H3/b16-8-. The van der Waals surface area contributed by atoms with Crippen LogP contribution in [0.2, 0.25) is 0 Å². The summed E-state index contributed by atoms with van der Waals surface area (Å²) in [5, 5.41) is 3.45. The van der Waals surface area contributed by atoms with Gasteiger partial charge >= 0.3 is 0 Å². The van der Waals surface area contributed by atoms with Crippen LogP contribution in [-0.2, 0) is 4.74 Å². The molecule has 1 saturated heterocycles. The van der Waals surface area contributed by atoms with Crippen LogP contribution in [0.4, 0.5) is 0 Å². The van der Waals surface area contributed by atoms with Crippen molar-refractivity contribution >= 4 is 0 Å². The van der Waals surface area contributed by atoms with Crippen molar-refractivity contribution in [2.75, 3.05) is 13.1 Å². The third-order valence-electron chi connectivity index (χ3n) is 4.89. The molecule has 20 heavy (non-hydrogen) atoms. The van der Waals surface area contributed by atoms with E-state index < -0.39 is 0 Å². The molecule has 1 atom stereocenters. The highest BCUT2D eigenvalue weighted by molar-refractivity contribution is 5.02. The fourth-order valence-electron chi connectivity index (χ4n) is 3.77. The maximum Gasteiger partial charge on any atom is 0.0687 e. The lowest BCUT2D eigenvalue weighted by molar-refractivity contribution is -0.0628. The third-order valence-corrected chi connectivity index (χ3v) is 4.89. The zero-order valence-electron chi connectivity index (χ0n) is 13.5. The van der Waals surface area contributed by atoms with Crippen molar-refractivity contribution in [1.29, 1.82) is 0 Å². The molecule has 0 radical (unpaired) electrons. The van der Waals surface area contributed by atoms with Gasteiger partial charge in [-0.3, -0.25) is 0 Å². The van der Waals surface area contributed by atoms with Crippen molar-refractivity contribution in [3.05, 3.63) is 11.6 Å². The lowest BCUT2D eigenvalue weighted by atomic mass is 9.83. The second-order valence-corrected chi connectivity index (χ2v) is 6.82. The van der Waals surface area contributed by atoms with Gasteiger partial charge in [0.25, 0.3) is 0 Å². The van der Waals surface area contributed by atoms with Crippen LogP contribution in [0, 0.1) is 0 Å². The maximum absolute atomic E-state index is 6.45. The van der Waals surface area contributed by atoms with E-state index >= 15 is 0 Å². The molecule has 1 heterocycles. The number of hydrogen-bond donors (Lipinski definition) is 1. The van der Waals surface area contributed by atoms with Gasteiger partial charge in [0.15, 0.2) is 0 Å². The normalized spacial score (nSPS) is 26.3. The van der Waals surface area contributed by atoms with Gasteiger partial charge in [0.05, 0.1) is 11.7 Å². The van der Waals surface area contributed by atoms with Crippen molar-refractivity contribution in [3.63, 3.8) is 0 Å². The molecule has 2 nitrogen and oxygen atoms in total. The number of rotatable bonds is 7. The summed E-state index contributed by atoms with van der Waals surface area (Å²) in [6.45, 7) is 6.74. The van der Waals surface area contributed by atoms with E-state index in [0.717, 1.165) is 25.9 Å². The predicted molar refractivity (Wildman–Crippen MR) is 86.1 cm³/mol. The molecule has 1 saturated carbocycles. The van der Waals surface area contributed by atoms with Gasteiger partial charge in [-0.1, -0.05) is 37.8 Å². The molecule has 2 fully saturated rings. The summed E-state index contributed by atoms with van der Waals surface area (Å²) in [6, 6.07) is 0. The predicted octanol–water partition coefficient (Wildman–Crippen LogP) is 4.59. The monoisotopic (exact) mass is 279 g/mol. The minimum absolute atomic E-state index is 0.284. The smallest absolute Gasteiger partial charge is 0.0687 e. The van der Waals surface area contributed by atoms with Gasteiger partial charge in [0.2, 0.25) is 0 Å². The van der Waals surface area contributed by atoms with E-state index in [0.29, 0.717) is 6.10 Å². The summed E-state index contributed by atoms with van der Waals surface area (Å²) in [5.41, 5.74) is 1.80. The Morgan fingerprint density at radius 1 is 1.20 bits per heavy atom. The molecule has 2 rings (SSSR count). The van der Waals surface area contributed by atoms with E-state index in [9.17, 15) is 0 Å². The van der Waals surface area contributed by atoms with Gasteiger partial charge < -0.3 is 10.1 Å². The molecule has 116 valence electrons. The van der Waals surface area contributed by atoms with Crippen LogP contribution in [0.15, 0.2) is 11.6 Å². The molecule has 0 aromatic carbocycles. The first-order valence-electron chi connectivity index (χ1n) is 8.78. The minimum Gasteiger partial charge on any atom is -0.371 e. The highest BCUT2D eigenvalue weighted by atomic mass is 16.5. The Morgan fingerprint density at radius 2 is 2.00 bits per heavy atom. The van der Waals surface area contributed by atoms with E-state index in [1.165, 1.54) is 56.9 Å². The molecule has 1 unspecified atom stereocenters. The third kappa shape index (κ3) is 4.89. The maximum atomic E-state index is 6.45. The molecule has 0 aromatic heterocycles. The molecule has 2 aliphatic rings. The van der Waals surface area contributed by atoms with E-state index in [-0.39, 0.29) is 5.60 Å². The second kappa shape index (κ2) is 8.19. The van der Waals surface area contributed by atoms with E-state index in [2.05, 4.69) is 25.2 Å². The first-order valence-corrected chi connectivity index (χ1v) is 8.78. The van der Waals surface area contributed by atoms with Gasteiger partial charge in [-0.25, -0.2) is 0 Å². The number of hydrogen-bond acceptors (Lipinski definition) is 2. The van der Waals surface area contributed by atoms with Gasteiger partial charge in [-0.05, 0) is 65.0 Å². The molecule has 1 N–H and O–H groups in total. The summed E-state index contributed by atoms with van der Waals surface area (Å²) in [5.74, 6) is 0. The number of ether oxygens (including phenoxy) is 1. The zero-order chi connectivity index (χ0) is 14.3. The average Bonchev–Trinajstić information content (AvgIpc) is 2.82. The Kier molecular flexibility index (Phi) is 6.57. The topological polar surface area (TPSA) is 21.3 Å². The minimum atomic E-state index is 0.284. The Morgan fingerprint density at radius 3 is 2.75 bits per heavy atom. The Hall–Kier alpha value is -0.340. The fraction of sp³-hybridized carbons (Fsp3) is 0.889. The van der Waals surface area contributed by atoms with Crippen LogP contribution >= 0.6 is 0 Å². The van der Waals surface area contributed by atoms with Gasteiger partial charge in [0.1, 0.15) is 0 Å². The molecule has 0 aromatic rings. The van der Waals surface area contributed by atoms with Crippen molar-refractivity contribution in [2.24, 2.45) is 0 Å². The van der Waals surface area contributed by atoms with E-state index in [4.69, 9.17) is 4.74 Å². The Bertz CT molecular complexity index is 305. The first kappa shape index (κ1) is 16.0. The molecule has 1 aliphatic carbocycles. The quantitative estimate of drug-likeness (QED) is 0.543. The Labute approximate surface area is 125 Å². The largest absolute Gasteiger partial charge is 0.371 e. The summed E-state index contributed by atoms with van der Waals surface area (Å²) in [4.78, 5) is 0. The lowest BCUT2D eigenvalue weighted by Gasteiger charge is -2.33. The molecule has 0 bridgehead atoms. The van der Waals surface area contributed by atoms with Gasteiger partial charge in [-0.15, -0.1) is 0 Å². The summed E-state index contributed by atoms with van der Waals surface area (Å²) >= 11 is 0. The van der Waals surface area contributed by atoms with Crippen LogP contribution in [0.1, 0.15) is 78.1 Å². The molecular weight excluding hydrogens is 246 g/mol. The van der Waals surface area contributed by atoms with Crippen LogP contribution in [0.3, 0.4) is 0 Å². The number of nitrogens with one attached hydrogen (secondary N) is 1. The highest BCUT2D eigenvalue weighted by Crippen LogP contribution is 2.43. The average molecular weight is 279 g/mol. The summed E-state index contributed by atoms with van der Waals surface area (Å²) < 4.78 is 6.45. The van der Waals surface area contributed by atoms with Crippen LogP contribution in [-0.4, -0.2) is 24.8 Å². The van der Waals surface area contributed by atoms with Crippen LogP contribution < -0.4 is 5.32 Å². The molecule has 1 spiro atoms. The first-order chi connectivity index (χ1) is 9.74. The Balaban J connectivity index is 1.67. The molecule has 2 heteroatoms. The van der Waals surface area contributed by atoms with Crippen molar-refractivity contribution in [2.45, 2.75) is 89.8 Å². The second-order valence-electron chi connectivity index (χ2n) is 6.82. The summed E-state index contributed by atoms with van der Waals surface area (Å²) in [7, 11) is 0. The lowest BCUT2D eigenvalue weighted by Crippen LogP contribution is -2.31. The van der Waals surface area contributed by atoms with Crippen molar-refractivity contribution in [1.82, 2.24) is 5.32 Å². The molecule has 0 amide bonds.